The highest BCUT2D eigenvalue weighted by molar-refractivity contribution is 7.13. The summed E-state index contributed by atoms with van der Waals surface area (Å²) in [4.78, 5) is 17.1. The van der Waals surface area contributed by atoms with Crippen molar-refractivity contribution in [3.8, 4) is 5.75 Å². The zero-order valence-electron chi connectivity index (χ0n) is 13.6. The van der Waals surface area contributed by atoms with Gasteiger partial charge in [-0.1, -0.05) is 29.3 Å². The molecule has 1 amide bonds. The largest absolute Gasteiger partial charge is 0.486 e. The lowest BCUT2D eigenvalue weighted by Crippen LogP contribution is -2.12. The van der Waals surface area contributed by atoms with E-state index in [-0.39, 0.29) is 17.3 Å². The Bertz CT molecular complexity index is 945. The van der Waals surface area contributed by atoms with Gasteiger partial charge in [-0.05, 0) is 43.3 Å². The van der Waals surface area contributed by atoms with E-state index in [9.17, 15) is 9.18 Å². The number of nitrogens with one attached hydrogen (secondary N) is 1. The first-order chi connectivity index (χ1) is 12.4. The summed E-state index contributed by atoms with van der Waals surface area (Å²) in [5.74, 6) is -0.468. The molecule has 3 rings (SSSR count). The Labute approximate surface area is 163 Å². The number of hydrogen-bond donors (Lipinski definition) is 1. The minimum Gasteiger partial charge on any atom is -0.486 e. The SMILES string of the molecule is Cc1nc(COc2ccc(Cl)cc2)sc1C(=O)Nc1cccc(Cl)c1F. The Kier molecular flexibility index (Phi) is 5.76. The predicted octanol–water partition coefficient (Wildman–Crippen LogP) is 5.73. The van der Waals surface area contributed by atoms with Crippen molar-refractivity contribution >= 4 is 46.1 Å². The molecule has 0 radical (unpaired) electrons. The first kappa shape index (κ1) is 18.6. The van der Waals surface area contributed by atoms with Crippen LogP contribution in [0.15, 0.2) is 42.5 Å². The van der Waals surface area contributed by atoms with Crippen LogP contribution in [0.1, 0.15) is 20.4 Å². The summed E-state index contributed by atoms with van der Waals surface area (Å²) in [6, 6.07) is 11.4. The van der Waals surface area contributed by atoms with Gasteiger partial charge in [-0.15, -0.1) is 11.3 Å². The molecule has 2 aromatic carbocycles. The maximum Gasteiger partial charge on any atom is 0.267 e. The molecule has 4 nitrogen and oxygen atoms in total. The Balaban J connectivity index is 1.70. The summed E-state index contributed by atoms with van der Waals surface area (Å²) in [5.41, 5.74) is 0.568. The fourth-order valence-electron chi connectivity index (χ4n) is 2.18. The molecule has 1 N–H and O–H groups in total. The van der Waals surface area contributed by atoms with Crippen molar-refractivity contribution in [2.45, 2.75) is 13.5 Å². The molecule has 0 aliphatic heterocycles. The normalized spacial score (nSPS) is 10.6. The van der Waals surface area contributed by atoms with E-state index in [0.717, 1.165) is 0 Å². The smallest absolute Gasteiger partial charge is 0.267 e. The van der Waals surface area contributed by atoms with Gasteiger partial charge in [-0.25, -0.2) is 9.37 Å². The molecular weight excluding hydrogens is 398 g/mol. The van der Waals surface area contributed by atoms with Crippen LogP contribution in [-0.2, 0) is 6.61 Å². The van der Waals surface area contributed by atoms with Gasteiger partial charge in [0.15, 0.2) is 5.82 Å². The first-order valence-corrected chi connectivity index (χ1v) is 9.11. The standard InChI is InChI=1S/C18H13Cl2FN2O2S/c1-10-17(18(24)23-14-4-2-3-13(20)16(14)21)26-15(22-10)9-25-12-7-5-11(19)6-8-12/h2-8H,9H2,1H3,(H,23,24). The van der Waals surface area contributed by atoms with E-state index < -0.39 is 11.7 Å². The predicted molar refractivity (Wildman–Crippen MR) is 102 cm³/mol. The number of ether oxygens (including phenoxy) is 1. The van der Waals surface area contributed by atoms with Gasteiger partial charge < -0.3 is 10.1 Å². The molecule has 0 saturated carbocycles. The highest BCUT2D eigenvalue weighted by Gasteiger charge is 2.18. The van der Waals surface area contributed by atoms with Gasteiger partial charge in [0.1, 0.15) is 22.2 Å². The van der Waals surface area contributed by atoms with Crippen LogP contribution in [0.2, 0.25) is 10.0 Å². The highest BCUT2D eigenvalue weighted by atomic mass is 35.5. The monoisotopic (exact) mass is 410 g/mol. The zero-order valence-corrected chi connectivity index (χ0v) is 15.9. The van der Waals surface area contributed by atoms with Crippen LogP contribution in [0.25, 0.3) is 0 Å². The molecule has 3 aromatic rings. The lowest BCUT2D eigenvalue weighted by molar-refractivity contribution is 0.102. The van der Waals surface area contributed by atoms with E-state index in [0.29, 0.717) is 26.4 Å². The number of rotatable bonds is 5. The van der Waals surface area contributed by atoms with E-state index in [1.807, 2.05) is 0 Å². The number of benzene rings is 2. The van der Waals surface area contributed by atoms with Gasteiger partial charge in [-0.2, -0.15) is 0 Å². The molecule has 0 fully saturated rings. The number of anilines is 1. The number of amides is 1. The summed E-state index contributed by atoms with van der Waals surface area (Å²) < 4.78 is 19.6. The third-order valence-corrected chi connectivity index (χ3v) is 5.10. The quantitative estimate of drug-likeness (QED) is 0.584. The van der Waals surface area contributed by atoms with E-state index in [2.05, 4.69) is 10.3 Å². The second-order valence-corrected chi connectivity index (χ2v) is 7.25. The lowest BCUT2D eigenvalue weighted by Gasteiger charge is -2.06. The maximum atomic E-state index is 13.9. The van der Waals surface area contributed by atoms with Crippen molar-refractivity contribution in [1.29, 1.82) is 0 Å². The van der Waals surface area contributed by atoms with Gasteiger partial charge >= 0.3 is 0 Å². The third-order valence-electron chi connectivity index (χ3n) is 3.42. The highest BCUT2D eigenvalue weighted by Crippen LogP contribution is 2.25. The molecule has 0 saturated heterocycles. The number of halogens is 3. The van der Waals surface area contributed by atoms with Gasteiger partial charge in [0.2, 0.25) is 0 Å². The van der Waals surface area contributed by atoms with Crippen LogP contribution in [0, 0.1) is 12.7 Å². The van der Waals surface area contributed by atoms with Crippen molar-refractivity contribution < 1.29 is 13.9 Å². The fraction of sp³-hybridized carbons (Fsp3) is 0.111. The summed E-state index contributed by atoms with van der Waals surface area (Å²) in [6.45, 7) is 1.93. The molecule has 1 aromatic heterocycles. The van der Waals surface area contributed by atoms with Crippen molar-refractivity contribution in [3.05, 3.63) is 73.9 Å². The van der Waals surface area contributed by atoms with Crippen LogP contribution in [0.5, 0.6) is 5.75 Å². The number of aryl methyl sites for hydroxylation is 1. The molecular formula is C18H13Cl2FN2O2S. The molecule has 0 aliphatic carbocycles. The Morgan fingerprint density at radius 2 is 1.96 bits per heavy atom. The molecule has 0 aliphatic rings. The summed E-state index contributed by atoms with van der Waals surface area (Å²) in [5, 5.41) is 3.72. The Morgan fingerprint density at radius 1 is 1.23 bits per heavy atom. The number of aromatic nitrogens is 1. The van der Waals surface area contributed by atoms with Gasteiger partial charge in [-0.3, -0.25) is 4.79 Å². The first-order valence-electron chi connectivity index (χ1n) is 7.54. The van der Waals surface area contributed by atoms with Crippen molar-refractivity contribution in [3.63, 3.8) is 0 Å². The minimum atomic E-state index is -0.670. The topological polar surface area (TPSA) is 51.2 Å². The number of hydrogen-bond acceptors (Lipinski definition) is 4. The number of nitrogens with zero attached hydrogens (tertiary/aromatic N) is 1. The second kappa shape index (κ2) is 8.03. The average molecular weight is 411 g/mol. The summed E-state index contributed by atoms with van der Waals surface area (Å²) >= 11 is 12.7. The van der Waals surface area contributed by atoms with Crippen molar-refractivity contribution in [2.75, 3.05) is 5.32 Å². The fourth-order valence-corrected chi connectivity index (χ4v) is 3.35. The van der Waals surface area contributed by atoms with Gasteiger partial charge in [0.25, 0.3) is 5.91 Å². The summed E-state index contributed by atoms with van der Waals surface area (Å²) in [6.07, 6.45) is 0. The average Bonchev–Trinajstić information content (AvgIpc) is 2.99. The minimum absolute atomic E-state index is 0.0225. The number of thiazole rings is 1. The van der Waals surface area contributed by atoms with Gasteiger partial charge in [0.05, 0.1) is 16.4 Å². The van der Waals surface area contributed by atoms with E-state index in [1.54, 1.807) is 37.3 Å². The Morgan fingerprint density at radius 3 is 2.69 bits per heavy atom. The van der Waals surface area contributed by atoms with Crippen molar-refractivity contribution in [1.82, 2.24) is 4.98 Å². The van der Waals surface area contributed by atoms with Crippen LogP contribution in [-0.4, -0.2) is 10.9 Å². The molecule has 0 unspecified atom stereocenters. The van der Waals surface area contributed by atoms with E-state index in [1.165, 1.54) is 23.5 Å². The molecule has 8 heteroatoms. The van der Waals surface area contributed by atoms with Crippen LogP contribution >= 0.6 is 34.5 Å². The molecule has 134 valence electrons. The Hall–Kier alpha value is -2.15. The third kappa shape index (κ3) is 4.33. The molecule has 0 spiro atoms. The molecule has 26 heavy (non-hydrogen) atoms. The lowest BCUT2D eigenvalue weighted by atomic mass is 10.3. The number of carbonyl (C=O) groups is 1. The number of carbonyl (C=O) groups excluding carboxylic acids is 1. The molecule has 0 bridgehead atoms. The maximum absolute atomic E-state index is 13.9. The van der Waals surface area contributed by atoms with Gasteiger partial charge in [0, 0.05) is 5.02 Å². The van der Waals surface area contributed by atoms with Crippen LogP contribution < -0.4 is 10.1 Å². The molecule has 0 atom stereocenters. The van der Waals surface area contributed by atoms with Crippen LogP contribution in [0.4, 0.5) is 10.1 Å². The zero-order chi connectivity index (χ0) is 18.7. The second-order valence-electron chi connectivity index (χ2n) is 5.32. The molecule has 1 heterocycles. The van der Waals surface area contributed by atoms with E-state index in [4.69, 9.17) is 27.9 Å². The van der Waals surface area contributed by atoms with Crippen LogP contribution in [0.3, 0.4) is 0 Å². The summed E-state index contributed by atoms with van der Waals surface area (Å²) in [7, 11) is 0. The van der Waals surface area contributed by atoms with E-state index >= 15 is 0 Å². The van der Waals surface area contributed by atoms with Crippen molar-refractivity contribution in [2.24, 2.45) is 0 Å².